The minimum Gasteiger partial charge on any atom is -0.449 e. The first-order chi connectivity index (χ1) is 22.2. The summed E-state index contributed by atoms with van der Waals surface area (Å²) in [4.78, 5) is 49.7. The third kappa shape index (κ3) is 5.53. The smallest absolute Gasteiger partial charge is 0.306 e. The summed E-state index contributed by atoms with van der Waals surface area (Å²) in [5.41, 5.74) is 2.14. The molecule has 3 saturated carbocycles. The van der Waals surface area contributed by atoms with Crippen LogP contribution in [-0.2, 0) is 19.1 Å². The third-order valence-electron chi connectivity index (χ3n) is 11.4. The van der Waals surface area contributed by atoms with Gasteiger partial charge in [0, 0.05) is 46.6 Å². The molecule has 1 unspecified atom stereocenters. The maximum atomic E-state index is 18.1. The Morgan fingerprint density at radius 1 is 1.23 bits per heavy atom. The number of thioether (sulfide) groups is 1. The van der Waals surface area contributed by atoms with Gasteiger partial charge >= 0.3 is 5.97 Å². The van der Waals surface area contributed by atoms with Crippen LogP contribution in [0.25, 0.3) is 0 Å². The minimum absolute atomic E-state index is 0.0200. The maximum Gasteiger partial charge on any atom is 0.306 e. The molecule has 2 amide bonds. The van der Waals surface area contributed by atoms with Crippen molar-refractivity contribution in [2.45, 2.75) is 83.1 Å². The first kappa shape index (κ1) is 34.9. The zero-order valence-electron chi connectivity index (χ0n) is 26.9. The Kier molecular flexibility index (Phi) is 9.57. The molecule has 0 aromatic heterocycles. The van der Waals surface area contributed by atoms with Gasteiger partial charge in [-0.3, -0.25) is 24.5 Å². The molecular weight excluding hydrogens is 630 g/mol. The van der Waals surface area contributed by atoms with Crippen molar-refractivity contribution in [2.75, 3.05) is 12.6 Å². The summed E-state index contributed by atoms with van der Waals surface area (Å²) in [7, 11) is 0. The number of nitrogens with one attached hydrogen (secondary N) is 2. The summed E-state index contributed by atoms with van der Waals surface area (Å²) in [6.45, 7) is 4.89. The van der Waals surface area contributed by atoms with Gasteiger partial charge in [-0.05, 0) is 74.4 Å². The molecule has 4 aliphatic rings. The predicted octanol–water partition coefficient (Wildman–Crippen LogP) is 3.51. The molecule has 5 rings (SSSR count). The molecule has 0 spiro atoms. The van der Waals surface area contributed by atoms with Gasteiger partial charge in [-0.25, -0.2) is 8.78 Å². The van der Waals surface area contributed by atoms with Crippen LogP contribution in [0.2, 0.25) is 0 Å². The summed E-state index contributed by atoms with van der Waals surface area (Å²) >= 11 is 0.449. The second-order valence-corrected chi connectivity index (χ2v) is 14.5. The lowest BCUT2D eigenvalue weighted by atomic mass is 9.44. The van der Waals surface area contributed by atoms with Gasteiger partial charge < -0.3 is 26.3 Å². The highest BCUT2D eigenvalue weighted by atomic mass is 32.2. The first-order valence-electron chi connectivity index (χ1n) is 16.0. The molecule has 47 heavy (non-hydrogen) atoms. The average molecular weight is 674 g/mol. The number of esters is 1. The summed E-state index contributed by atoms with van der Waals surface area (Å²) < 4.78 is 37.4. The number of hydrogen-bond donors (Lipinski definition) is 5. The Hall–Kier alpha value is -3.42. The highest BCUT2D eigenvalue weighted by molar-refractivity contribution is 8.13. The number of benzene rings is 1. The van der Waals surface area contributed by atoms with E-state index in [4.69, 9.17) is 15.9 Å². The Bertz CT molecular complexity index is 1570. The van der Waals surface area contributed by atoms with Gasteiger partial charge in [-0.2, -0.15) is 0 Å². The van der Waals surface area contributed by atoms with Crippen molar-refractivity contribution in [1.29, 1.82) is 5.41 Å². The Balaban J connectivity index is 1.46. The van der Waals surface area contributed by atoms with Crippen LogP contribution in [0.3, 0.4) is 0 Å². The number of quaternary nitrogens is 1. The van der Waals surface area contributed by atoms with Crippen molar-refractivity contribution >= 4 is 46.6 Å². The number of hydrogen-bond acceptors (Lipinski definition) is 8. The zero-order valence-corrected chi connectivity index (χ0v) is 27.7. The second kappa shape index (κ2) is 12.9. The highest BCUT2D eigenvalue weighted by Crippen LogP contribution is 2.71. The zero-order chi connectivity index (χ0) is 34.4. The molecule has 7 N–H and O–H groups in total. The summed E-state index contributed by atoms with van der Waals surface area (Å²) in [5.74, 6) is -2.80. The number of fused-ring (bicyclic) bond motifs is 5. The van der Waals surface area contributed by atoms with Gasteiger partial charge in [0.05, 0.1) is 12.6 Å². The standard InChI is InChI=1S/C34H42F2N4O6S/c1-4-28(43)46-33(30(45)47-18-35)11-10-23-24-9-8-21-13-25(40-22-7-5-6-19(12-22)29(44)39-17-27(38)42)20(16-37)14-31(21,2)34(24,36)26(41)15-32(23,33)3/h5-7,12-13,16,23-24,26,37,40-41H,4,8-11,14-15,17-18H2,1-3H3,(H2,38,42)(H,39,44)/p+1/t23-,24-,26-,31-,32-,33?,34-/m0/s1. The molecule has 0 radical (unpaired) electrons. The van der Waals surface area contributed by atoms with Crippen LogP contribution < -0.4 is 16.4 Å². The number of ether oxygens (including phenoxy) is 1. The van der Waals surface area contributed by atoms with E-state index < -0.39 is 68.9 Å². The Labute approximate surface area is 276 Å². The molecule has 10 nitrogen and oxygen atoms in total. The minimum atomic E-state index is -2.11. The topological polar surface area (TPSA) is 176 Å². The van der Waals surface area contributed by atoms with Gasteiger partial charge in [0.25, 0.3) is 5.91 Å². The fraction of sp³-hybridized carbons (Fsp3) is 0.559. The van der Waals surface area contributed by atoms with E-state index in [1.165, 1.54) is 6.21 Å². The van der Waals surface area contributed by atoms with Crippen LogP contribution in [0, 0.1) is 28.1 Å². The number of primary amides is 1. The van der Waals surface area contributed by atoms with Crippen molar-refractivity contribution in [2.24, 2.45) is 28.4 Å². The normalized spacial score (nSPS) is 34.3. The first-order valence-corrected chi connectivity index (χ1v) is 17.0. The van der Waals surface area contributed by atoms with Gasteiger partial charge in [0.2, 0.25) is 11.0 Å². The van der Waals surface area contributed by atoms with Crippen molar-refractivity contribution in [1.82, 2.24) is 5.32 Å². The number of carbonyl (C=O) groups is 4. The van der Waals surface area contributed by atoms with E-state index in [0.29, 0.717) is 53.5 Å². The molecule has 13 heteroatoms. The molecule has 7 atom stereocenters. The van der Waals surface area contributed by atoms with Crippen molar-refractivity contribution in [3.8, 4) is 0 Å². The van der Waals surface area contributed by atoms with Crippen LogP contribution in [0.15, 0.2) is 47.2 Å². The number of carbonyl (C=O) groups excluding carboxylic acids is 4. The Morgan fingerprint density at radius 2 is 1.98 bits per heavy atom. The number of aliphatic hydroxyl groups is 1. The van der Waals surface area contributed by atoms with Crippen LogP contribution in [0.1, 0.15) is 76.1 Å². The fourth-order valence-corrected chi connectivity index (χ4v) is 9.75. The number of aliphatic hydroxyl groups excluding tert-OH is 1. The van der Waals surface area contributed by atoms with Crippen LogP contribution in [-0.4, -0.2) is 64.1 Å². The molecule has 254 valence electrons. The molecule has 1 aromatic carbocycles. The van der Waals surface area contributed by atoms with E-state index in [2.05, 4.69) is 5.32 Å². The second-order valence-electron chi connectivity index (χ2n) is 13.6. The van der Waals surface area contributed by atoms with E-state index in [1.54, 1.807) is 45.0 Å². The molecule has 0 saturated heterocycles. The molecular formula is C34H43F2N4O6S+. The third-order valence-corrected chi connectivity index (χ3v) is 12.1. The number of nitrogens with two attached hydrogens (primary N) is 2. The molecule has 0 aliphatic heterocycles. The van der Waals surface area contributed by atoms with Crippen LogP contribution in [0.5, 0.6) is 0 Å². The van der Waals surface area contributed by atoms with E-state index in [9.17, 15) is 28.7 Å². The predicted molar refractivity (Wildman–Crippen MR) is 172 cm³/mol. The maximum absolute atomic E-state index is 18.1. The van der Waals surface area contributed by atoms with Gasteiger partial charge in [-0.15, -0.1) is 0 Å². The Morgan fingerprint density at radius 3 is 2.64 bits per heavy atom. The number of allylic oxidation sites excluding steroid dienone is 3. The van der Waals surface area contributed by atoms with E-state index >= 15 is 4.39 Å². The lowest BCUT2D eigenvalue weighted by molar-refractivity contribution is -0.513. The summed E-state index contributed by atoms with van der Waals surface area (Å²) in [6, 6.07) is 5.76. The molecule has 4 aliphatic carbocycles. The summed E-state index contributed by atoms with van der Waals surface area (Å²) in [5, 5.41) is 23.8. The lowest BCUT2D eigenvalue weighted by Gasteiger charge is -2.63. The average Bonchev–Trinajstić information content (AvgIpc) is 3.32. The summed E-state index contributed by atoms with van der Waals surface area (Å²) in [6.07, 6.45) is 3.00. The van der Waals surface area contributed by atoms with Crippen molar-refractivity contribution < 1.29 is 43.1 Å². The molecule has 0 bridgehead atoms. The molecule has 0 heterocycles. The number of alkyl halides is 2. The van der Waals surface area contributed by atoms with Gasteiger partial charge in [-0.1, -0.05) is 32.4 Å². The molecule has 1 aromatic rings. The number of rotatable bonds is 10. The van der Waals surface area contributed by atoms with E-state index in [0.717, 1.165) is 5.57 Å². The van der Waals surface area contributed by atoms with Crippen molar-refractivity contribution in [3.05, 3.63) is 52.7 Å². The highest BCUT2D eigenvalue weighted by Gasteiger charge is 2.76. The molecule has 3 fully saturated rings. The van der Waals surface area contributed by atoms with Crippen LogP contribution in [0.4, 0.5) is 14.5 Å². The number of halogens is 2. The van der Waals surface area contributed by atoms with E-state index in [1.807, 2.05) is 11.4 Å². The quantitative estimate of drug-likeness (QED) is 0.143. The monoisotopic (exact) mass is 673 g/mol. The number of amides is 2. The van der Waals surface area contributed by atoms with Crippen LogP contribution >= 0.6 is 11.8 Å². The van der Waals surface area contributed by atoms with Gasteiger partial charge in [0.1, 0.15) is 23.1 Å². The SMILES string of the molecule is CCC(=O)OC1(C(=O)SCF)CC[C@H]2[C@@H]3CCC4=CC([NH2+]c5cccc(C(=O)NCC(N)=O)c5)=C(C=N)C[C@]4(C)[C@@]3(F)[C@@H](O)C[C@@]21C. The largest absolute Gasteiger partial charge is 0.449 e. The van der Waals surface area contributed by atoms with Gasteiger partial charge in [0.15, 0.2) is 5.60 Å². The van der Waals surface area contributed by atoms with Crippen molar-refractivity contribution in [3.63, 3.8) is 0 Å². The van der Waals surface area contributed by atoms with E-state index in [-0.39, 0.29) is 32.2 Å². The fourth-order valence-electron chi connectivity index (χ4n) is 9.04. The lowest BCUT2D eigenvalue weighted by Crippen LogP contribution is -2.77.